The lowest BCUT2D eigenvalue weighted by Gasteiger charge is -2.18. The third kappa shape index (κ3) is 2.21. The number of nitrogens with two attached hydrogens (primary N) is 1. The van der Waals surface area contributed by atoms with Gasteiger partial charge in [-0.3, -0.25) is 0 Å². The Labute approximate surface area is 129 Å². The molecule has 2 aliphatic rings. The third-order valence-electron chi connectivity index (χ3n) is 3.42. The van der Waals surface area contributed by atoms with Gasteiger partial charge in [-0.25, -0.2) is 8.42 Å². The highest BCUT2D eigenvalue weighted by molar-refractivity contribution is 8.07. The van der Waals surface area contributed by atoms with Gasteiger partial charge >= 0.3 is 0 Å². The van der Waals surface area contributed by atoms with Crippen LogP contribution in [0.5, 0.6) is 0 Å². The first-order chi connectivity index (χ1) is 8.91. The van der Waals surface area contributed by atoms with Crippen LogP contribution in [0.2, 0.25) is 0 Å². The van der Waals surface area contributed by atoms with Crippen LogP contribution >= 0.6 is 24.2 Å². The normalized spacial score (nSPS) is 19.1. The van der Waals surface area contributed by atoms with Crippen LogP contribution in [-0.2, 0) is 16.3 Å². The quantitative estimate of drug-likeness (QED) is 0.855. The van der Waals surface area contributed by atoms with E-state index in [4.69, 9.17) is 5.73 Å². The summed E-state index contributed by atoms with van der Waals surface area (Å²) in [4.78, 5) is 3.63. The van der Waals surface area contributed by atoms with E-state index in [0.717, 1.165) is 22.7 Å². The minimum atomic E-state index is -3.18. The van der Waals surface area contributed by atoms with E-state index in [0.29, 0.717) is 4.90 Å². The third-order valence-corrected chi connectivity index (χ3v) is 5.73. The summed E-state index contributed by atoms with van der Waals surface area (Å²) < 4.78 is 23.3. The average Bonchev–Trinajstić information content (AvgIpc) is 2.84. The Morgan fingerprint density at radius 1 is 1.40 bits per heavy atom. The van der Waals surface area contributed by atoms with E-state index in [2.05, 4.69) is 0 Å². The summed E-state index contributed by atoms with van der Waals surface area (Å²) in [5.41, 5.74) is 8.86. The highest BCUT2D eigenvalue weighted by Crippen LogP contribution is 2.50. The number of halogens is 1. The molecule has 0 fully saturated rings. The van der Waals surface area contributed by atoms with Crippen LogP contribution in [0, 0.1) is 0 Å². The number of fused-ring (bicyclic) bond motifs is 2. The summed E-state index contributed by atoms with van der Waals surface area (Å²) in [6.07, 6.45) is 3.67. The Kier molecular flexibility index (Phi) is 3.83. The van der Waals surface area contributed by atoms with Gasteiger partial charge in [-0.1, -0.05) is 17.8 Å². The molecule has 0 saturated heterocycles. The van der Waals surface area contributed by atoms with Crippen molar-refractivity contribution in [3.8, 4) is 0 Å². The first-order valence-electron chi connectivity index (χ1n) is 5.82. The Morgan fingerprint density at radius 3 is 2.70 bits per heavy atom. The Hall–Kier alpha value is -1.11. The SMILES string of the molecule is CN1C2=C(Cc3ccc(S(C)(=O)=O)cc32)S/C1=C\N.Cl. The van der Waals surface area contributed by atoms with Gasteiger partial charge in [-0.15, -0.1) is 12.4 Å². The minimum Gasteiger partial charge on any atom is -0.402 e. The van der Waals surface area contributed by atoms with Crippen molar-refractivity contribution in [1.29, 1.82) is 0 Å². The molecular formula is C13H15ClN2O2S2. The fourth-order valence-corrected chi connectivity index (χ4v) is 4.24. The Morgan fingerprint density at radius 2 is 2.10 bits per heavy atom. The average molecular weight is 331 g/mol. The minimum absolute atomic E-state index is 0. The standard InChI is InChI=1S/C13H14N2O2S2.ClH/c1-15-12(7-14)18-11-5-8-3-4-9(19(2,16)17)6-10(8)13(11)15;/h3-4,6-7H,5,14H2,1-2H3;1H/b12-7-;. The van der Waals surface area contributed by atoms with Crippen molar-refractivity contribution >= 4 is 39.7 Å². The molecule has 2 N–H and O–H groups in total. The number of hydrogen-bond acceptors (Lipinski definition) is 5. The zero-order valence-electron chi connectivity index (χ0n) is 11.1. The van der Waals surface area contributed by atoms with E-state index < -0.39 is 9.84 Å². The monoisotopic (exact) mass is 330 g/mol. The maximum Gasteiger partial charge on any atom is 0.175 e. The van der Waals surface area contributed by atoms with Gasteiger partial charge in [0.05, 0.1) is 15.6 Å². The summed E-state index contributed by atoms with van der Waals surface area (Å²) in [6.45, 7) is 0. The molecule has 0 saturated carbocycles. The fourth-order valence-electron chi connectivity index (χ4n) is 2.47. The van der Waals surface area contributed by atoms with Gasteiger partial charge in [-0.05, 0) is 17.7 Å². The first-order valence-corrected chi connectivity index (χ1v) is 8.52. The van der Waals surface area contributed by atoms with Crippen molar-refractivity contribution in [2.24, 2.45) is 5.73 Å². The molecule has 1 heterocycles. The van der Waals surface area contributed by atoms with Crippen molar-refractivity contribution in [3.05, 3.63) is 45.5 Å². The molecule has 4 nitrogen and oxygen atoms in total. The molecule has 0 amide bonds. The molecule has 1 aliphatic heterocycles. The zero-order valence-corrected chi connectivity index (χ0v) is 13.5. The number of allylic oxidation sites excluding steroid dienone is 1. The Balaban J connectivity index is 0.00000147. The second kappa shape index (κ2) is 5.02. The molecule has 0 aromatic heterocycles. The predicted molar refractivity (Wildman–Crippen MR) is 85.0 cm³/mol. The maximum absolute atomic E-state index is 11.7. The highest BCUT2D eigenvalue weighted by atomic mass is 35.5. The molecule has 0 atom stereocenters. The van der Waals surface area contributed by atoms with E-state index in [-0.39, 0.29) is 12.4 Å². The molecule has 1 aromatic carbocycles. The van der Waals surface area contributed by atoms with Gasteiger partial charge in [0.25, 0.3) is 0 Å². The Bertz CT molecular complexity index is 739. The lowest BCUT2D eigenvalue weighted by molar-refractivity contribution is 0.601. The highest BCUT2D eigenvalue weighted by Gasteiger charge is 2.33. The molecule has 3 rings (SSSR count). The number of nitrogens with zero attached hydrogens (tertiary/aromatic N) is 1. The summed E-state index contributed by atoms with van der Waals surface area (Å²) in [5.74, 6) is 0. The number of hydrogen-bond donors (Lipinski definition) is 1. The van der Waals surface area contributed by atoms with Crippen LogP contribution in [0.4, 0.5) is 0 Å². The lowest BCUT2D eigenvalue weighted by atomic mass is 10.1. The van der Waals surface area contributed by atoms with Crippen LogP contribution in [0.25, 0.3) is 5.70 Å². The second-order valence-corrected chi connectivity index (χ2v) is 7.84. The van der Waals surface area contributed by atoms with Gasteiger partial charge in [0.1, 0.15) is 0 Å². The van der Waals surface area contributed by atoms with E-state index in [1.807, 2.05) is 18.0 Å². The van der Waals surface area contributed by atoms with Crippen LogP contribution in [0.1, 0.15) is 11.1 Å². The molecule has 0 radical (unpaired) electrons. The molecule has 0 bridgehead atoms. The van der Waals surface area contributed by atoms with E-state index in [1.54, 1.807) is 30.1 Å². The van der Waals surface area contributed by atoms with Crippen LogP contribution in [0.3, 0.4) is 0 Å². The van der Waals surface area contributed by atoms with E-state index in [9.17, 15) is 8.42 Å². The van der Waals surface area contributed by atoms with Crippen LogP contribution in [0.15, 0.2) is 39.2 Å². The summed E-state index contributed by atoms with van der Waals surface area (Å²) in [6, 6.07) is 5.36. The molecule has 7 heteroatoms. The van der Waals surface area contributed by atoms with Gasteiger partial charge in [0, 0.05) is 36.4 Å². The maximum atomic E-state index is 11.7. The summed E-state index contributed by atoms with van der Waals surface area (Å²) in [7, 11) is -1.22. The summed E-state index contributed by atoms with van der Waals surface area (Å²) >= 11 is 1.65. The van der Waals surface area contributed by atoms with Gasteiger partial charge in [0.2, 0.25) is 0 Å². The van der Waals surface area contributed by atoms with Gasteiger partial charge in [0.15, 0.2) is 9.84 Å². The number of rotatable bonds is 1. The number of benzene rings is 1. The smallest absolute Gasteiger partial charge is 0.175 e. The number of sulfone groups is 1. The van der Waals surface area contributed by atoms with Crippen molar-refractivity contribution in [2.75, 3.05) is 13.3 Å². The molecule has 108 valence electrons. The van der Waals surface area contributed by atoms with Crippen molar-refractivity contribution in [2.45, 2.75) is 11.3 Å². The van der Waals surface area contributed by atoms with Gasteiger partial charge in [-0.2, -0.15) is 0 Å². The topological polar surface area (TPSA) is 63.4 Å². The van der Waals surface area contributed by atoms with Crippen molar-refractivity contribution in [3.63, 3.8) is 0 Å². The number of thioether (sulfide) groups is 1. The molecular weight excluding hydrogens is 316 g/mol. The van der Waals surface area contributed by atoms with Crippen molar-refractivity contribution < 1.29 is 8.42 Å². The second-order valence-electron chi connectivity index (χ2n) is 4.71. The fraction of sp³-hybridized carbons (Fsp3) is 0.231. The molecule has 0 unspecified atom stereocenters. The first kappa shape index (κ1) is 15.3. The predicted octanol–water partition coefficient (Wildman–Crippen LogP) is 2.17. The molecule has 1 aromatic rings. The molecule has 0 spiro atoms. The van der Waals surface area contributed by atoms with Crippen LogP contribution < -0.4 is 5.73 Å². The van der Waals surface area contributed by atoms with Crippen LogP contribution in [-0.4, -0.2) is 26.6 Å². The largest absolute Gasteiger partial charge is 0.402 e. The molecule has 20 heavy (non-hydrogen) atoms. The van der Waals surface area contributed by atoms with E-state index in [1.165, 1.54) is 16.7 Å². The molecule has 1 aliphatic carbocycles. The van der Waals surface area contributed by atoms with Crippen molar-refractivity contribution in [1.82, 2.24) is 4.90 Å². The zero-order chi connectivity index (χ0) is 13.8. The summed E-state index contributed by atoms with van der Waals surface area (Å²) in [5, 5.41) is 0.986. The lowest BCUT2D eigenvalue weighted by Crippen LogP contribution is -2.11. The van der Waals surface area contributed by atoms with Gasteiger partial charge < -0.3 is 10.6 Å². The van der Waals surface area contributed by atoms with E-state index >= 15 is 0 Å².